The second-order valence-corrected chi connectivity index (χ2v) is 5.36. The van der Waals surface area contributed by atoms with Gasteiger partial charge in [0.15, 0.2) is 6.20 Å². The van der Waals surface area contributed by atoms with E-state index in [1.54, 1.807) is 0 Å². The van der Waals surface area contributed by atoms with Crippen LogP contribution in [0.2, 0.25) is 0 Å². The molecular weight excluding hydrogens is 328 g/mol. The summed E-state index contributed by atoms with van der Waals surface area (Å²) in [4.78, 5) is 17.6. The lowest BCUT2D eigenvalue weighted by molar-refractivity contribution is -0.607. The molecule has 0 radical (unpaired) electrons. The Balaban J connectivity index is 1.97. The molecule has 3 rings (SSSR count). The third-order valence-corrected chi connectivity index (χ3v) is 3.70. The summed E-state index contributed by atoms with van der Waals surface area (Å²) < 4.78 is 26.8. The predicted molar refractivity (Wildman–Crippen MR) is 87.7 cm³/mol. The molecule has 0 bridgehead atoms. The van der Waals surface area contributed by atoms with Gasteiger partial charge in [0.1, 0.15) is 11.6 Å². The van der Waals surface area contributed by atoms with Crippen LogP contribution in [0.3, 0.4) is 0 Å². The number of hydrogen-bond acceptors (Lipinski definition) is 3. The number of aromatic nitrogens is 2. The summed E-state index contributed by atoms with van der Waals surface area (Å²) in [6.45, 7) is 0. The van der Waals surface area contributed by atoms with E-state index in [0.29, 0.717) is 21.5 Å². The molecule has 2 aromatic heterocycles. The fraction of sp³-hybridized carbons (Fsp3) is 0.0556. The molecule has 5 nitrogen and oxygen atoms in total. The third kappa shape index (κ3) is 3.45. The summed E-state index contributed by atoms with van der Waals surface area (Å²) >= 11 is 0. The van der Waals surface area contributed by atoms with Gasteiger partial charge in [0.25, 0.3) is 5.69 Å². The van der Waals surface area contributed by atoms with Crippen molar-refractivity contribution >= 4 is 11.6 Å². The highest BCUT2D eigenvalue weighted by atomic mass is 19.1. The summed E-state index contributed by atoms with van der Waals surface area (Å²) in [5, 5.41) is 12.0. The molecule has 0 saturated carbocycles. The number of benzene rings is 1. The van der Waals surface area contributed by atoms with E-state index in [1.807, 2.05) is 0 Å². The fourth-order valence-corrected chi connectivity index (χ4v) is 2.35. The lowest BCUT2D eigenvalue weighted by atomic mass is 10.1. The highest BCUT2D eigenvalue weighted by Crippen LogP contribution is 2.20. The molecule has 3 aromatic rings. The van der Waals surface area contributed by atoms with Crippen molar-refractivity contribution in [2.24, 2.45) is 0 Å². The molecule has 0 aliphatic carbocycles. The standard InChI is InChI=1S/C18H13F2N3O2/c1-22(16-4-2-14(19)3-5-16)18(24)17-9-12(6-7-23(17)25)13-8-15(20)11-21-10-13/h2-11H,1H3. The number of rotatable bonds is 3. The minimum absolute atomic E-state index is 0.145. The van der Waals surface area contributed by atoms with Gasteiger partial charge in [-0.25, -0.2) is 8.78 Å². The van der Waals surface area contributed by atoms with Crippen molar-refractivity contribution in [3.63, 3.8) is 0 Å². The van der Waals surface area contributed by atoms with E-state index in [9.17, 15) is 18.8 Å². The topological polar surface area (TPSA) is 60.1 Å². The Kier molecular flexibility index (Phi) is 4.38. The first-order valence-electron chi connectivity index (χ1n) is 7.33. The molecule has 126 valence electrons. The summed E-state index contributed by atoms with van der Waals surface area (Å²) in [5.41, 5.74) is 1.21. The predicted octanol–water partition coefficient (Wildman–Crippen LogP) is 2.94. The van der Waals surface area contributed by atoms with E-state index in [2.05, 4.69) is 4.98 Å². The average Bonchev–Trinajstić information content (AvgIpc) is 2.61. The second kappa shape index (κ2) is 6.64. The quantitative estimate of drug-likeness (QED) is 0.544. The van der Waals surface area contributed by atoms with Gasteiger partial charge in [-0.3, -0.25) is 9.78 Å². The molecule has 1 aromatic carbocycles. The Bertz CT molecular complexity index is 930. The van der Waals surface area contributed by atoms with Gasteiger partial charge in [0, 0.05) is 36.6 Å². The zero-order valence-corrected chi connectivity index (χ0v) is 13.2. The van der Waals surface area contributed by atoms with Gasteiger partial charge in [0.05, 0.1) is 6.20 Å². The van der Waals surface area contributed by atoms with Crippen LogP contribution in [-0.2, 0) is 0 Å². The first-order chi connectivity index (χ1) is 12.0. The van der Waals surface area contributed by atoms with Crippen LogP contribution in [0.4, 0.5) is 14.5 Å². The normalized spacial score (nSPS) is 10.5. The minimum Gasteiger partial charge on any atom is -0.618 e. The van der Waals surface area contributed by atoms with Gasteiger partial charge in [-0.05, 0) is 35.9 Å². The number of carbonyl (C=O) groups excluding carboxylic acids is 1. The Labute approximate surface area is 142 Å². The molecule has 2 heterocycles. The van der Waals surface area contributed by atoms with Crippen LogP contribution in [0.1, 0.15) is 10.5 Å². The Morgan fingerprint density at radius 2 is 1.76 bits per heavy atom. The smallest absolute Gasteiger partial charge is 0.324 e. The largest absolute Gasteiger partial charge is 0.618 e. The number of nitrogens with zero attached hydrogens (tertiary/aromatic N) is 3. The maximum atomic E-state index is 13.3. The van der Waals surface area contributed by atoms with Crippen molar-refractivity contribution < 1.29 is 18.3 Å². The van der Waals surface area contributed by atoms with Gasteiger partial charge in [-0.2, -0.15) is 4.73 Å². The van der Waals surface area contributed by atoms with Crippen molar-refractivity contribution in [1.29, 1.82) is 0 Å². The van der Waals surface area contributed by atoms with Crippen molar-refractivity contribution in [2.75, 3.05) is 11.9 Å². The Morgan fingerprint density at radius 3 is 2.44 bits per heavy atom. The number of hydrogen-bond donors (Lipinski definition) is 0. The van der Waals surface area contributed by atoms with Crippen LogP contribution in [0.25, 0.3) is 11.1 Å². The minimum atomic E-state index is -0.576. The first-order valence-corrected chi connectivity index (χ1v) is 7.33. The van der Waals surface area contributed by atoms with Gasteiger partial charge < -0.3 is 10.1 Å². The summed E-state index contributed by atoms with van der Waals surface area (Å²) in [6, 6.07) is 9.41. The second-order valence-electron chi connectivity index (χ2n) is 5.36. The van der Waals surface area contributed by atoms with Gasteiger partial charge in [0.2, 0.25) is 0 Å². The molecule has 0 spiro atoms. The van der Waals surface area contributed by atoms with E-state index < -0.39 is 17.5 Å². The molecular formula is C18H13F2N3O2. The molecule has 0 aliphatic heterocycles. The highest BCUT2D eigenvalue weighted by molar-refractivity contribution is 6.04. The maximum absolute atomic E-state index is 13.3. The maximum Gasteiger partial charge on any atom is 0.324 e. The number of carbonyl (C=O) groups is 1. The summed E-state index contributed by atoms with van der Waals surface area (Å²) in [7, 11) is 1.48. The molecule has 0 saturated heterocycles. The average molecular weight is 341 g/mol. The number of halogens is 2. The SMILES string of the molecule is CN(C(=O)c1cc(-c2cncc(F)c2)cc[n+]1[O-])c1ccc(F)cc1. The van der Waals surface area contributed by atoms with Crippen molar-refractivity contribution in [2.45, 2.75) is 0 Å². The lowest BCUT2D eigenvalue weighted by Gasteiger charge is -2.17. The molecule has 0 fully saturated rings. The van der Waals surface area contributed by atoms with E-state index in [1.165, 1.54) is 66.8 Å². The van der Waals surface area contributed by atoms with Crippen LogP contribution in [0, 0.1) is 16.8 Å². The molecule has 7 heteroatoms. The number of anilines is 1. The van der Waals surface area contributed by atoms with E-state index in [4.69, 9.17) is 0 Å². The van der Waals surface area contributed by atoms with Crippen molar-refractivity contribution in [3.8, 4) is 11.1 Å². The van der Waals surface area contributed by atoms with Crippen LogP contribution in [0.5, 0.6) is 0 Å². The highest BCUT2D eigenvalue weighted by Gasteiger charge is 2.22. The molecule has 1 amide bonds. The molecule has 0 aliphatic rings. The van der Waals surface area contributed by atoms with Crippen LogP contribution in [0.15, 0.2) is 61.1 Å². The van der Waals surface area contributed by atoms with E-state index in [0.717, 1.165) is 6.20 Å². The third-order valence-electron chi connectivity index (χ3n) is 3.70. The van der Waals surface area contributed by atoms with Crippen LogP contribution >= 0.6 is 0 Å². The summed E-state index contributed by atoms with van der Waals surface area (Å²) in [5.74, 6) is -1.52. The van der Waals surface area contributed by atoms with Crippen LogP contribution in [-0.4, -0.2) is 17.9 Å². The molecule has 0 N–H and O–H groups in total. The Hall–Kier alpha value is -3.35. The monoisotopic (exact) mass is 341 g/mol. The molecule has 0 unspecified atom stereocenters. The molecule has 25 heavy (non-hydrogen) atoms. The van der Waals surface area contributed by atoms with E-state index >= 15 is 0 Å². The number of amides is 1. The van der Waals surface area contributed by atoms with Gasteiger partial charge in [-0.1, -0.05) is 0 Å². The zero-order valence-electron chi connectivity index (χ0n) is 13.2. The number of pyridine rings is 2. The van der Waals surface area contributed by atoms with Crippen LogP contribution < -0.4 is 9.63 Å². The van der Waals surface area contributed by atoms with Gasteiger partial charge in [-0.15, -0.1) is 0 Å². The van der Waals surface area contributed by atoms with Crippen molar-refractivity contribution in [3.05, 3.63) is 83.6 Å². The zero-order chi connectivity index (χ0) is 18.0. The fourth-order valence-electron chi connectivity index (χ4n) is 2.35. The van der Waals surface area contributed by atoms with E-state index in [-0.39, 0.29) is 5.69 Å². The van der Waals surface area contributed by atoms with Gasteiger partial charge >= 0.3 is 5.91 Å². The molecule has 0 atom stereocenters. The lowest BCUT2D eigenvalue weighted by Crippen LogP contribution is -2.40. The Morgan fingerprint density at radius 1 is 1.04 bits per heavy atom. The first kappa shape index (κ1) is 16.5. The summed E-state index contributed by atoms with van der Waals surface area (Å²) in [6.07, 6.45) is 3.67. The van der Waals surface area contributed by atoms with Crippen molar-refractivity contribution in [1.82, 2.24) is 4.98 Å².